The lowest BCUT2D eigenvalue weighted by Crippen LogP contribution is -2.32. The molecule has 0 saturated carbocycles. The van der Waals surface area contributed by atoms with Crippen molar-refractivity contribution in [3.63, 3.8) is 0 Å². The van der Waals surface area contributed by atoms with E-state index in [0.717, 1.165) is 0 Å². The number of rotatable bonds is 3. The smallest absolute Gasteiger partial charge is 0.321 e. The van der Waals surface area contributed by atoms with Crippen LogP contribution < -0.4 is 5.73 Å². The van der Waals surface area contributed by atoms with Crippen molar-refractivity contribution >= 4 is 11.9 Å². The van der Waals surface area contributed by atoms with Gasteiger partial charge in [-0.15, -0.1) is 0 Å². The van der Waals surface area contributed by atoms with E-state index in [2.05, 4.69) is 0 Å². The molecule has 1 unspecified atom stereocenters. The topological polar surface area (TPSA) is 101 Å². The number of carbonyl (C=O) groups is 2. The number of aliphatic carboxylic acids is 2. The molecule has 0 spiro atoms. The molecule has 0 rings (SSSR count). The van der Waals surface area contributed by atoms with Gasteiger partial charge in [0.15, 0.2) is 0 Å². The fourth-order valence-corrected chi connectivity index (χ4v) is 0.275. The average molecular weight is 134 g/mol. The molecule has 0 heterocycles. The van der Waals surface area contributed by atoms with Gasteiger partial charge in [-0.3, -0.25) is 9.59 Å². The lowest BCUT2D eigenvalue weighted by molar-refractivity contribution is -0.144. The molecule has 5 heteroatoms. The van der Waals surface area contributed by atoms with Gasteiger partial charge in [-0.1, -0.05) is 0 Å². The molecule has 5 nitrogen and oxygen atoms in total. The Balaban J connectivity index is 3.63. The summed E-state index contributed by atoms with van der Waals surface area (Å²) in [7, 11) is 0. The van der Waals surface area contributed by atoms with Gasteiger partial charge in [-0.25, -0.2) is 0 Å². The van der Waals surface area contributed by atoms with E-state index in [4.69, 9.17) is 15.9 Å². The predicted molar refractivity (Wildman–Crippen MR) is 27.9 cm³/mol. The Morgan fingerprint density at radius 2 is 1.89 bits per heavy atom. The second-order valence-corrected chi connectivity index (χ2v) is 1.54. The Morgan fingerprint density at radius 1 is 1.44 bits per heavy atom. The molecule has 1 atom stereocenters. The van der Waals surface area contributed by atoms with E-state index in [1.807, 2.05) is 0 Å². The molecule has 0 fully saturated rings. The number of carboxylic acid groups (broad SMARTS) is 2. The van der Waals surface area contributed by atoms with Crippen LogP contribution in [0.4, 0.5) is 0 Å². The third-order valence-corrected chi connectivity index (χ3v) is 0.712. The number of nitrogens with two attached hydrogens (primary N) is 1. The van der Waals surface area contributed by atoms with Crippen LogP contribution in [-0.2, 0) is 9.59 Å². The lowest BCUT2D eigenvalue weighted by Gasteiger charge is -1.99. The fraction of sp³-hybridized carbons (Fsp3) is 0.500. The Morgan fingerprint density at radius 3 is 2.00 bits per heavy atom. The van der Waals surface area contributed by atoms with Gasteiger partial charge in [0.25, 0.3) is 0 Å². The van der Waals surface area contributed by atoms with Gasteiger partial charge in [0, 0.05) is 0 Å². The summed E-state index contributed by atoms with van der Waals surface area (Å²) in [5.41, 5.74) is 4.84. The Kier molecular flexibility index (Phi) is 2.66. The van der Waals surface area contributed by atoms with Crippen molar-refractivity contribution in [1.29, 1.82) is 0 Å². The predicted octanol–water partition coefficient (Wildman–Crippen LogP) is -1.13. The molecule has 4 N–H and O–H groups in total. The van der Waals surface area contributed by atoms with E-state index < -0.39 is 24.4 Å². The molecule has 9 heavy (non-hydrogen) atoms. The van der Waals surface area contributed by atoms with E-state index in [9.17, 15) is 9.59 Å². The van der Waals surface area contributed by atoms with Crippen molar-refractivity contribution < 1.29 is 19.8 Å². The summed E-state index contributed by atoms with van der Waals surface area (Å²) in [6.45, 7) is 0. The Hall–Kier alpha value is -1.10. The Labute approximate surface area is 51.1 Å². The molecule has 0 radical (unpaired) electrons. The summed E-state index contributed by atoms with van der Waals surface area (Å²) in [4.78, 5) is 19.6. The number of hydrogen-bond acceptors (Lipinski definition) is 3. The van der Waals surface area contributed by atoms with Crippen molar-refractivity contribution in [1.82, 2.24) is 0 Å². The van der Waals surface area contributed by atoms with Gasteiger partial charge in [0.2, 0.25) is 0 Å². The molecule has 52 valence electrons. The second-order valence-electron chi connectivity index (χ2n) is 1.54. The lowest BCUT2D eigenvalue weighted by atomic mass is 10.4. The normalized spacial score (nSPS) is 12.6. The molecule has 0 amide bonds. The third-order valence-electron chi connectivity index (χ3n) is 0.712. The van der Waals surface area contributed by atoms with Crippen LogP contribution in [0.25, 0.3) is 0 Å². The van der Waals surface area contributed by atoms with Crippen molar-refractivity contribution in [2.75, 3.05) is 0 Å². The summed E-state index contributed by atoms with van der Waals surface area (Å²) >= 11 is 0. The van der Waals surface area contributed by atoms with Gasteiger partial charge < -0.3 is 15.9 Å². The minimum Gasteiger partial charge on any atom is -0.481 e. The van der Waals surface area contributed by atoms with Gasteiger partial charge in [-0.2, -0.15) is 0 Å². The quantitative estimate of drug-likeness (QED) is 0.424. The first kappa shape index (κ1) is 7.90. The maximum atomic E-state index is 9.85. The van der Waals surface area contributed by atoms with Crippen molar-refractivity contribution in [3.8, 4) is 0 Å². The van der Waals surface area contributed by atoms with E-state index >= 15 is 0 Å². The van der Waals surface area contributed by atoms with Gasteiger partial charge in [-0.05, 0) is 0 Å². The molecule has 0 saturated heterocycles. The van der Waals surface area contributed by atoms with Crippen LogP contribution in [0.15, 0.2) is 0 Å². The maximum Gasteiger partial charge on any atom is 0.321 e. The zero-order valence-electron chi connectivity index (χ0n) is 4.57. The van der Waals surface area contributed by atoms with Gasteiger partial charge >= 0.3 is 11.9 Å². The SMILES string of the molecule is NC([13CH2]C(=O)O)C(=O)O. The summed E-state index contributed by atoms with van der Waals surface area (Å²) in [6, 6.07) is -1.29. The molecule has 0 aliphatic carbocycles. The van der Waals surface area contributed by atoms with E-state index in [-0.39, 0.29) is 0 Å². The monoisotopic (exact) mass is 134 g/mol. The van der Waals surface area contributed by atoms with Crippen LogP contribution in [0.1, 0.15) is 6.42 Å². The van der Waals surface area contributed by atoms with Gasteiger partial charge in [0.1, 0.15) is 6.04 Å². The first-order valence-electron chi connectivity index (χ1n) is 2.24. The van der Waals surface area contributed by atoms with Crippen LogP contribution in [0, 0.1) is 0 Å². The molecule has 0 bridgehead atoms. The Bertz CT molecular complexity index is 133. The second kappa shape index (κ2) is 3.03. The van der Waals surface area contributed by atoms with Crippen molar-refractivity contribution in [3.05, 3.63) is 0 Å². The maximum absolute atomic E-state index is 9.85. The number of carboxylic acids is 2. The highest BCUT2D eigenvalue weighted by atomic mass is 16.4. The number of hydrogen-bond donors (Lipinski definition) is 3. The molecule has 0 aromatic carbocycles. The summed E-state index contributed by atoms with van der Waals surface area (Å²) in [6.07, 6.45) is -0.532. The largest absolute Gasteiger partial charge is 0.481 e. The highest BCUT2D eigenvalue weighted by Gasteiger charge is 2.14. The molecular weight excluding hydrogens is 127 g/mol. The summed E-state index contributed by atoms with van der Waals surface area (Å²) in [5.74, 6) is -2.50. The van der Waals surface area contributed by atoms with Crippen LogP contribution in [-0.4, -0.2) is 28.2 Å². The van der Waals surface area contributed by atoms with E-state index in [0.29, 0.717) is 0 Å². The van der Waals surface area contributed by atoms with Crippen LogP contribution in [0.5, 0.6) is 0 Å². The van der Waals surface area contributed by atoms with Crippen molar-refractivity contribution in [2.45, 2.75) is 12.5 Å². The minimum atomic E-state index is -1.29. The molecule has 0 aromatic rings. The highest BCUT2D eigenvalue weighted by Crippen LogP contribution is 1.86. The molecule has 0 aliphatic rings. The minimum absolute atomic E-state index is 0.532. The van der Waals surface area contributed by atoms with Crippen molar-refractivity contribution in [2.24, 2.45) is 5.73 Å². The first-order chi connectivity index (χ1) is 4.04. The fourth-order valence-electron chi connectivity index (χ4n) is 0.275. The third kappa shape index (κ3) is 3.48. The molecular formula is C4H7NO4. The highest BCUT2D eigenvalue weighted by molar-refractivity contribution is 5.80. The average Bonchev–Trinajstić information content (AvgIpc) is 1.63. The van der Waals surface area contributed by atoms with E-state index in [1.165, 1.54) is 0 Å². The zero-order valence-corrected chi connectivity index (χ0v) is 4.57. The molecule has 0 aromatic heterocycles. The summed E-state index contributed by atoms with van der Waals surface area (Å²) in [5, 5.41) is 16.0. The van der Waals surface area contributed by atoms with Crippen LogP contribution in [0.3, 0.4) is 0 Å². The standard InChI is InChI=1S/C4H7NO4/c5-2(4(8)9)1-3(6)7/h2H,1,5H2,(H,6,7)(H,8,9)/i1+1. The zero-order chi connectivity index (χ0) is 7.44. The van der Waals surface area contributed by atoms with Gasteiger partial charge in [0.05, 0.1) is 6.42 Å². The van der Waals surface area contributed by atoms with Crippen LogP contribution >= 0.6 is 0 Å². The molecule has 0 aliphatic heterocycles. The first-order valence-corrected chi connectivity index (χ1v) is 2.24. The summed E-state index contributed by atoms with van der Waals surface area (Å²) < 4.78 is 0. The van der Waals surface area contributed by atoms with Crippen LogP contribution in [0.2, 0.25) is 0 Å². The van der Waals surface area contributed by atoms with E-state index in [1.54, 1.807) is 0 Å².